The van der Waals surface area contributed by atoms with Crippen LogP contribution in [0.4, 0.5) is 0 Å². The van der Waals surface area contributed by atoms with Crippen molar-refractivity contribution in [1.82, 2.24) is 0 Å². The molecular formula is C13H18O3S. The Bertz CT molecular complexity index is 559. The maximum Gasteiger partial charge on any atom is 0.179 e. The van der Waals surface area contributed by atoms with E-state index >= 15 is 0 Å². The number of hydrogen-bond acceptors (Lipinski definition) is 3. The summed E-state index contributed by atoms with van der Waals surface area (Å²) in [5, 5.41) is 0. The van der Waals surface area contributed by atoms with Gasteiger partial charge in [-0.3, -0.25) is 0 Å². The molecule has 0 saturated carbocycles. The summed E-state index contributed by atoms with van der Waals surface area (Å²) < 4.78 is 29.8. The maximum absolute atomic E-state index is 12.2. The molecule has 0 bridgehead atoms. The van der Waals surface area contributed by atoms with Gasteiger partial charge >= 0.3 is 0 Å². The maximum atomic E-state index is 12.2. The van der Waals surface area contributed by atoms with E-state index in [1.807, 2.05) is 26.8 Å². The first-order valence-electron chi connectivity index (χ1n) is 5.74. The lowest BCUT2D eigenvalue weighted by atomic mass is 9.94. The molecule has 0 N–H and O–H groups in total. The molecule has 1 atom stereocenters. The second kappa shape index (κ2) is 4.10. The molecule has 0 spiro atoms. The average Bonchev–Trinajstić information content (AvgIpc) is 2.24. The molecule has 1 aromatic rings. The number of sulfone groups is 1. The molecular weight excluding hydrogens is 236 g/mol. The van der Waals surface area contributed by atoms with E-state index in [9.17, 15) is 8.42 Å². The van der Waals surface area contributed by atoms with Crippen LogP contribution in [0.15, 0.2) is 11.0 Å². The fourth-order valence-electron chi connectivity index (χ4n) is 2.64. The summed E-state index contributed by atoms with van der Waals surface area (Å²) in [5.74, 6) is 0.182. The molecule has 17 heavy (non-hydrogen) atoms. The monoisotopic (exact) mass is 254 g/mol. The number of fused-ring (bicyclic) bond motifs is 1. The fraction of sp³-hybridized carbons (Fsp3) is 0.538. The second-order valence-corrected chi connectivity index (χ2v) is 6.76. The molecule has 1 unspecified atom stereocenters. The van der Waals surface area contributed by atoms with Crippen LogP contribution >= 0.6 is 0 Å². The highest BCUT2D eigenvalue weighted by Crippen LogP contribution is 2.39. The highest BCUT2D eigenvalue weighted by molar-refractivity contribution is 7.91. The molecule has 1 heterocycles. The van der Waals surface area contributed by atoms with E-state index in [1.54, 1.807) is 7.11 Å². The molecule has 0 radical (unpaired) electrons. The van der Waals surface area contributed by atoms with Gasteiger partial charge in [-0.15, -0.1) is 0 Å². The van der Waals surface area contributed by atoms with Crippen molar-refractivity contribution < 1.29 is 13.2 Å². The minimum Gasteiger partial charge on any atom is -0.377 e. The van der Waals surface area contributed by atoms with Gasteiger partial charge < -0.3 is 4.74 Å². The summed E-state index contributed by atoms with van der Waals surface area (Å²) in [5.41, 5.74) is 3.88. The number of benzene rings is 1. The summed E-state index contributed by atoms with van der Waals surface area (Å²) >= 11 is 0. The van der Waals surface area contributed by atoms with Crippen LogP contribution in [0.1, 0.15) is 34.8 Å². The van der Waals surface area contributed by atoms with E-state index in [0.29, 0.717) is 11.3 Å². The molecule has 0 fully saturated rings. The zero-order valence-corrected chi connectivity index (χ0v) is 11.5. The Morgan fingerprint density at radius 1 is 1.24 bits per heavy atom. The molecule has 0 aliphatic carbocycles. The molecule has 94 valence electrons. The molecule has 3 nitrogen and oxygen atoms in total. The van der Waals surface area contributed by atoms with Crippen molar-refractivity contribution in [1.29, 1.82) is 0 Å². The smallest absolute Gasteiger partial charge is 0.179 e. The van der Waals surface area contributed by atoms with Gasteiger partial charge in [-0.2, -0.15) is 0 Å². The first-order valence-corrected chi connectivity index (χ1v) is 7.40. The van der Waals surface area contributed by atoms with E-state index in [-0.39, 0.29) is 11.9 Å². The number of hydrogen-bond donors (Lipinski definition) is 0. The fourth-order valence-corrected chi connectivity index (χ4v) is 4.54. The van der Waals surface area contributed by atoms with Crippen molar-refractivity contribution in [2.75, 3.05) is 12.9 Å². The van der Waals surface area contributed by atoms with Crippen molar-refractivity contribution in [3.05, 3.63) is 28.3 Å². The molecule has 0 saturated heterocycles. The lowest BCUT2D eigenvalue weighted by molar-refractivity contribution is 0.0956. The Morgan fingerprint density at radius 2 is 1.88 bits per heavy atom. The molecule has 1 aromatic carbocycles. The van der Waals surface area contributed by atoms with Gasteiger partial charge in [0.15, 0.2) is 9.84 Å². The van der Waals surface area contributed by atoms with Gasteiger partial charge in [0.25, 0.3) is 0 Å². The van der Waals surface area contributed by atoms with Gasteiger partial charge in [0, 0.05) is 12.7 Å². The summed E-state index contributed by atoms with van der Waals surface area (Å²) in [6.07, 6.45) is 0.461. The number of methoxy groups -OCH3 is 1. The van der Waals surface area contributed by atoms with E-state index in [2.05, 4.69) is 0 Å². The standard InChI is InChI=1S/C13H18O3S/c1-8-7-9(2)13-12(10(8)3)11(16-4)5-6-17(13,14)15/h7,11H,5-6H2,1-4H3. The van der Waals surface area contributed by atoms with Crippen LogP contribution < -0.4 is 0 Å². The first-order chi connectivity index (χ1) is 7.88. The van der Waals surface area contributed by atoms with Gasteiger partial charge in [-0.25, -0.2) is 8.42 Å². The highest BCUT2D eigenvalue weighted by Gasteiger charge is 2.33. The Hall–Kier alpha value is -0.870. The number of aryl methyl sites for hydroxylation is 2. The van der Waals surface area contributed by atoms with Crippen LogP contribution in [0.2, 0.25) is 0 Å². The van der Waals surface area contributed by atoms with Crippen molar-refractivity contribution >= 4 is 9.84 Å². The Labute approximate surface area is 103 Å². The van der Waals surface area contributed by atoms with E-state index in [1.165, 1.54) is 0 Å². The largest absolute Gasteiger partial charge is 0.377 e. The number of rotatable bonds is 1. The van der Waals surface area contributed by atoms with Crippen LogP contribution in [-0.2, 0) is 14.6 Å². The van der Waals surface area contributed by atoms with Crippen molar-refractivity contribution in [3.8, 4) is 0 Å². The minimum atomic E-state index is -3.14. The summed E-state index contributed by atoms with van der Waals surface area (Å²) in [6, 6.07) is 1.95. The van der Waals surface area contributed by atoms with E-state index in [4.69, 9.17) is 4.74 Å². The van der Waals surface area contributed by atoms with Gasteiger partial charge in [0.1, 0.15) is 0 Å². The van der Waals surface area contributed by atoms with E-state index < -0.39 is 9.84 Å². The van der Waals surface area contributed by atoms with Crippen LogP contribution in [0.5, 0.6) is 0 Å². The van der Waals surface area contributed by atoms with Crippen molar-refractivity contribution in [2.24, 2.45) is 0 Å². The quantitative estimate of drug-likeness (QED) is 0.773. The Balaban J connectivity index is 2.84. The molecule has 0 aromatic heterocycles. The number of ether oxygens (including phenoxy) is 1. The molecule has 2 rings (SSSR count). The van der Waals surface area contributed by atoms with Gasteiger partial charge in [-0.05, 0) is 43.9 Å². The Kier molecular flexibility index (Phi) is 3.04. The van der Waals surface area contributed by atoms with Gasteiger partial charge in [0.05, 0.1) is 16.8 Å². The lowest BCUT2D eigenvalue weighted by Crippen LogP contribution is -2.23. The van der Waals surface area contributed by atoms with Crippen LogP contribution in [0, 0.1) is 20.8 Å². The molecule has 1 aliphatic rings. The van der Waals surface area contributed by atoms with E-state index in [0.717, 1.165) is 22.3 Å². The SMILES string of the molecule is COC1CCS(=O)(=O)c2c(C)cc(C)c(C)c21. The summed E-state index contributed by atoms with van der Waals surface area (Å²) in [6.45, 7) is 5.85. The van der Waals surface area contributed by atoms with Crippen molar-refractivity contribution in [3.63, 3.8) is 0 Å². The Morgan fingerprint density at radius 3 is 2.47 bits per heavy atom. The third-order valence-electron chi connectivity index (χ3n) is 3.60. The summed E-state index contributed by atoms with van der Waals surface area (Å²) in [4.78, 5) is 0.499. The van der Waals surface area contributed by atoms with Gasteiger partial charge in [0.2, 0.25) is 0 Å². The van der Waals surface area contributed by atoms with Crippen LogP contribution in [0.25, 0.3) is 0 Å². The molecule has 1 aliphatic heterocycles. The van der Waals surface area contributed by atoms with Crippen LogP contribution in [0.3, 0.4) is 0 Å². The predicted octanol–water partition coefficient (Wildman–Crippen LogP) is 2.48. The third kappa shape index (κ3) is 1.89. The highest BCUT2D eigenvalue weighted by atomic mass is 32.2. The van der Waals surface area contributed by atoms with Gasteiger partial charge in [-0.1, -0.05) is 6.07 Å². The predicted molar refractivity (Wildman–Crippen MR) is 67.1 cm³/mol. The second-order valence-electron chi connectivity index (χ2n) is 4.71. The minimum absolute atomic E-state index is 0.0906. The molecule has 4 heteroatoms. The summed E-state index contributed by atoms with van der Waals surface area (Å²) in [7, 11) is -1.49. The zero-order valence-electron chi connectivity index (χ0n) is 10.7. The zero-order chi connectivity index (χ0) is 12.8. The molecule has 0 amide bonds. The van der Waals surface area contributed by atoms with Crippen molar-refractivity contribution in [2.45, 2.75) is 38.2 Å². The first kappa shape index (κ1) is 12.6. The normalized spacial score (nSPS) is 22.2. The average molecular weight is 254 g/mol. The topological polar surface area (TPSA) is 43.4 Å². The lowest BCUT2D eigenvalue weighted by Gasteiger charge is -2.28. The third-order valence-corrected chi connectivity index (χ3v) is 5.53. The van der Waals surface area contributed by atoms with Crippen LogP contribution in [-0.4, -0.2) is 21.3 Å².